The van der Waals surface area contributed by atoms with E-state index in [2.05, 4.69) is 32.9 Å². The van der Waals surface area contributed by atoms with Crippen LogP contribution in [0.2, 0.25) is 0 Å². The summed E-state index contributed by atoms with van der Waals surface area (Å²) in [7, 11) is 0. The van der Waals surface area contributed by atoms with Gasteiger partial charge in [0.25, 0.3) is 0 Å². The molecule has 0 aliphatic heterocycles. The van der Waals surface area contributed by atoms with Crippen LogP contribution in [0.15, 0.2) is 12.2 Å². The molecule has 0 saturated carbocycles. The molecular formula is C59H114O5. The normalized spacial score (nSPS) is 12.1. The minimum atomic E-state index is -0.530. The number of ether oxygens (including phenoxy) is 3. The highest BCUT2D eigenvalue weighted by Crippen LogP contribution is 2.17. The molecule has 0 aromatic carbocycles. The topological polar surface area (TPSA) is 61.8 Å². The van der Waals surface area contributed by atoms with Crippen LogP contribution in [-0.2, 0) is 23.8 Å². The number of unbranched alkanes of at least 4 members (excludes halogenated alkanes) is 42. The van der Waals surface area contributed by atoms with Crippen LogP contribution in [0.25, 0.3) is 0 Å². The number of esters is 2. The quantitative estimate of drug-likeness (QED) is 0.0346. The van der Waals surface area contributed by atoms with Crippen LogP contribution in [0.3, 0.4) is 0 Å². The third kappa shape index (κ3) is 53.3. The maximum absolute atomic E-state index is 12.8. The van der Waals surface area contributed by atoms with Crippen LogP contribution in [0.1, 0.15) is 329 Å². The predicted molar refractivity (Wildman–Crippen MR) is 279 cm³/mol. The van der Waals surface area contributed by atoms with Gasteiger partial charge in [0.15, 0.2) is 6.10 Å². The molecule has 64 heavy (non-hydrogen) atoms. The van der Waals surface area contributed by atoms with Gasteiger partial charge in [-0.3, -0.25) is 9.59 Å². The van der Waals surface area contributed by atoms with Crippen molar-refractivity contribution in [2.45, 2.75) is 335 Å². The van der Waals surface area contributed by atoms with Crippen molar-refractivity contribution in [2.24, 2.45) is 0 Å². The fourth-order valence-corrected chi connectivity index (χ4v) is 8.92. The van der Waals surface area contributed by atoms with Crippen molar-refractivity contribution in [1.82, 2.24) is 0 Å². The second kappa shape index (κ2) is 56.0. The Kier molecular flexibility index (Phi) is 54.8. The van der Waals surface area contributed by atoms with Crippen molar-refractivity contribution in [2.75, 3.05) is 19.8 Å². The van der Waals surface area contributed by atoms with Crippen molar-refractivity contribution in [3.8, 4) is 0 Å². The Morgan fingerprint density at radius 3 is 0.953 bits per heavy atom. The van der Waals surface area contributed by atoms with E-state index in [0.717, 1.165) is 38.5 Å². The average Bonchev–Trinajstić information content (AvgIpc) is 3.30. The highest BCUT2D eigenvalue weighted by atomic mass is 16.6. The van der Waals surface area contributed by atoms with E-state index in [0.29, 0.717) is 26.1 Å². The zero-order chi connectivity index (χ0) is 46.3. The molecule has 0 saturated heterocycles. The number of carbonyl (C=O) groups excluding carboxylic acids is 2. The monoisotopic (exact) mass is 903 g/mol. The first-order valence-corrected chi connectivity index (χ1v) is 29.2. The van der Waals surface area contributed by atoms with Crippen LogP contribution >= 0.6 is 0 Å². The Bertz CT molecular complexity index is 932. The molecule has 5 heteroatoms. The number of hydrogen-bond donors (Lipinski definition) is 0. The largest absolute Gasteiger partial charge is 0.462 e. The summed E-state index contributed by atoms with van der Waals surface area (Å²) in [5.74, 6) is -0.381. The number of allylic oxidation sites excluding steroid dienone is 2. The molecule has 0 aromatic rings. The SMILES string of the molecule is CCCCCCCC/C=C\CCCCCCCC(=O)OCC(COCCCCCCCCCCCCCCCCCCCCCC)OC(=O)CCCCCCCCCCCCCCC. The molecule has 0 fully saturated rings. The minimum absolute atomic E-state index is 0.0908. The Labute approximate surface area is 401 Å². The molecule has 5 nitrogen and oxygen atoms in total. The van der Waals surface area contributed by atoms with Crippen molar-refractivity contribution < 1.29 is 23.8 Å². The van der Waals surface area contributed by atoms with Gasteiger partial charge in [0.1, 0.15) is 6.61 Å². The van der Waals surface area contributed by atoms with Crippen LogP contribution in [0.5, 0.6) is 0 Å². The second-order valence-corrected chi connectivity index (χ2v) is 19.9. The summed E-state index contributed by atoms with van der Waals surface area (Å²) in [6, 6.07) is 0. The molecule has 0 rings (SSSR count). The molecule has 0 spiro atoms. The molecule has 0 heterocycles. The molecular weight excluding hydrogens is 789 g/mol. The Balaban J connectivity index is 4.17. The predicted octanol–water partition coefficient (Wildman–Crippen LogP) is 19.8. The van der Waals surface area contributed by atoms with Gasteiger partial charge in [-0.15, -0.1) is 0 Å². The lowest BCUT2D eigenvalue weighted by Gasteiger charge is -2.18. The van der Waals surface area contributed by atoms with Gasteiger partial charge in [-0.1, -0.05) is 283 Å². The summed E-state index contributed by atoms with van der Waals surface area (Å²) < 4.78 is 17.5. The Morgan fingerprint density at radius 1 is 0.328 bits per heavy atom. The first kappa shape index (κ1) is 62.6. The van der Waals surface area contributed by atoms with E-state index in [9.17, 15) is 9.59 Å². The molecule has 1 unspecified atom stereocenters. The first-order chi connectivity index (χ1) is 31.6. The van der Waals surface area contributed by atoms with E-state index >= 15 is 0 Å². The van der Waals surface area contributed by atoms with Gasteiger partial charge in [0.05, 0.1) is 6.61 Å². The maximum Gasteiger partial charge on any atom is 0.306 e. The molecule has 0 aliphatic carbocycles. The molecule has 0 aromatic heterocycles. The summed E-state index contributed by atoms with van der Waals surface area (Å²) in [5, 5.41) is 0. The van der Waals surface area contributed by atoms with E-state index in [-0.39, 0.29) is 18.5 Å². The molecule has 380 valence electrons. The fourth-order valence-electron chi connectivity index (χ4n) is 8.92. The molecule has 0 aliphatic rings. The summed E-state index contributed by atoms with van der Waals surface area (Å²) in [4.78, 5) is 25.5. The van der Waals surface area contributed by atoms with E-state index in [4.69, 9.17) is 14.2 Å². The van der Waals surface area contributed by atoms with E-state index in [1.165, 1.54) is 257 Å². The highest BCUT2D eigenvalue weighted by Gasteiger charge is 2.17. The minimum Gasteiger partial charge on any atom is -0.462 e. The number of hydrogen-bond acceptors (Lipinski definition) is 5. The lowest BCUT2D eigenvalue weighted by Crippen LogP contribution is -2.30. The molecule has 0 amide bonds. The third-order valence-corrected chi connectivity index (χ3v) is 13.3. The average molecular weight is 904 g/mol. The maximum atomic E-state index is 12.8. The van der Waals surface area contributed by atoms with Gasteiger partial charge in [-0.25, -0.2) is 0 Å². The van der Waals surface area contributed by atoms with Crippen molar-refractivity contribution >= 4 is 11.9 Å². The lowest BCUT2D eigenvalue weighted by molar-refractivity contribution is -0.163. The van der Waals surface area contributed by atoms with E-state index in [1.54, 1.807) is 0 Å². The van der Waals surface area contributed by atoms with E-state index < -0.39 is 6.10 Å². The van der Waals surface area contributed by atoms with Crippen LogP contribution in [-0.4, -0.2) is 37.9 Å². The van der Waals surface area contributed by atoms with Crippen LogP contribution < -0.4 is 0 Å². The van der Waals surface area contributed by atoms with Crippen LogP contribution in [0, 0.1) is 0 Å². The van der Waals surface area contributed by atoms with Gasteiger partial charge >= 0.3 is 11.9 Å². The van der Waals surface area contributed by atoms with Gasteiger partial charge in [0.2, 0.25) is 0 Å². The Morgan fingerprint density at radius 2 is 0.609 bits per heavy atom. The number of rotatable bonds is 55. The zero-order valence-electron chi connectivity index (χ0n) is 43.8. The van der Waals surface area contributed by atoms with Crippen molar-refractivity contribution in [3.05, 3.63) is 12.2 Å². The molecule has 1 atom stereocenters. The summed E-state index contributed by atoms with van der Waals surface area (Å²) in [5.41, 5.74) is 0. The summed E-state index contributed by atoms with van der Waals surface area (Å²) in [6.45, 7) is 7.90. The fraction of sp³-hybridized carbons (Fsp3) is 0.932. The molecule has 0 bridgehead atoms. The highest BCUT2D eigenvalue weighted by molar-refractivity contribution is 5.70. The summed E-state index contributed by atoms with van der Waals surface area (Å²) in [6.07, 6.45) is 65.2. The summed E-state index contributed by atoms with van der Waals surface area (Å²) >= 11 is 0. The standard InChI is InChI=1S/C59H114O5/c1-4-7-10-13-16-19-22-25-27-28-29-30-31-33-36-39-42-45-48-51-54-62-55-57(64-59(61)53-50-47-44-41-38-34-24-21-18-15-12-9-6-3)56-63-58(60)52-49-46-43-40-37-35-32-26-23-20-17-14-11-8-5-2/h26,32,57H,4-25,27-31,33-56H2,1-3H3/b32-26-. The molecule has 0 radical (unpaired) electrons. The third-order valence-electron chi connectivity index (χ3n) is 13.3. The smallest absolute Gasteiger partial charge is 0.306 e. The van der Waals surface area contributed by atoms with Crippen molar-refractivity contribution in [3.63, 3.8) is 0 Å². The Hall–Kier alpha value is -1.36. The zero-order valence-corrected chi connectivity index (χ0v) is 43.8. The first-order valence-electron chi connectivity index (χ1n) is 29.2. The second-order valence-electron chi connectivity index (χ2n) is 19.9. The van der Waals surface area contributed by atoms with Gasteiger partial charge in [0, 0.05) is 19.4 Å². The lowest BCUT2D eigenvalue weighted by atomic mass is 10.0. The van der Waals surface area contributed by atoms with Gasteiger partial charge < -0.3 is 14.2 Å². The van der Waals surface area contributed by atoms with Gasteiger partial charge in [-0.05, 0) is 44.9 Å². The van der Waals surface area contributed by atoms with Crippen LogP contribution in [0.4, 0.5) is 0 Å². The van der Waals surface area contributed by atoms with E-state index in [1.807, 2.05) is 0 Å². The van der Waals surface area contributed by atoms with Gasteiger partial charge in [-0.2, -0.15) is 0 Å². The molecule has 0 N–H and O–H groups in total. The van der Waals surface area contributed by atoms with Crippen molar-refractivity contribution in [1.29, 1.82) is 0 Å². The number of carbonyl (C=O) groups is 2.